The summed E-state index contributed by atoms with van der Waals surface area (Å²) in [5, 5.41) is 9.41. The molecule has 2 N–H and O–H groups in total. The van der Waals surface area contributed by atoms with E-state index in [2.05, 4.69) is 12.3 Å². The van der Waals surface area contributed by atoms with Gasteiger partial charge in [-0.15, -0.1) is 0 Å². The second kappa shape index (κ2) is 13.8. The Morgan fingerprint density at radius 3 is 1.78 bits per heavy atom. The van der Waals surface area contributed by atoms with Gasteiger partial charge in [0.25, 0.3) is 5.91 Å². The normalized spacial score (nSPS) is 13.1. The van der Waals surface area contributed by atoms with E-state index in [-0.39, 0.29) is 5.91 Å². The van der Waals surface area contributed by atoms with Crippen molar-refractivity contribution < 1.29 is 14.5 Å². The van der Waals surface area contributed by atoms with Crippen molar-refractivity contribution in [1.82, 2.24) is 5.43 Å². The Morgan fingerprint density at radius 2 is 1.35 bits per heavy atom. The Kier molecular flexibility index (Phi) is 13.4. The van der Waals surface area contributed by atoms with Crippen LogP contribution >= 0.6 is 0 Å². The van der Waals surface area contributed by atoms with Gasteiger partial charge in [-0.05, 0) is 13.3 Å². The maximum absolute atomic E-state index is 11.9. The number of carbonyl (C=O) groups excluding carboxylic acids is 1. The highest BCUT2D eigenvalue weighted by Crippen LogP contribution is 2.12. The van der Waals surface area contributed by atoms with Crippen LogP contribution in [-0.4, -0.2) is 42.3 Å². The van der Waals surface area contributed by atoms with Gasteiger partial charge in [0.2, 0.25) is 0 Å². The quantitative estimate of drug-likeness (QED) is 0.269. The van der Waals surface area contributed by atoms with Gasteiger partial charge in [-0.25, -0.2) is 10.0 Å². The molecule has 4 heteroatoms. The molecule has 0 radical (unpaired) electrons. The second-order valence-electron chi connectivity index (χ2n) is 7.54. The van der Waals surface area contributed by atoms with Gasteiger partial charge in [0.1, 0.15) is 12.6 Å². The minimum Gasteiger partial charge on any atom is -0.387 e. The molecule has 0 aliphatic carbocycles. The number of nitrogens with zero attached hydrogens (tertiary/aromatic N) is 1. The first-order valence-corrected chi connectivity index (χ1v) is 9.69. The van der Waals surface area contributed by atoms with Crippen molar-refractivity contribution in [2.45, 2.75) is 97.0 Å². The molecular formula is C19H41N2O2+. The zero-order valence-corrected chi connectivity index (χ0v) is 16.1. The molecule has 0 aliphatic rings. The monoisotopic (exact) mass is 329 g/mol. The number of unbranched alkanes of at least 4 members (excludes halogenated alkanes) is 10. The smallest absolute Gasteiger partial charge is 0.264 e. The van der Waals surface area contributed by atoms with Crippen LogP contribution in [0.15, 0.2) is 0 Å². The van der Waals surface area contributed by atoms with Crippen LogP contribution in [0.1, 0.15) is 90.9 Å². The van der Waals surface area contributed by atoms with Crippen LogP contribution in [0, 0.1) is 0 Å². The first kappa shape index (κ1) is 22.4. The van der Waals surface area contributed by atoms with Crippen molar-refractivity contribution in [2.75, 3.05) is 20.6 Å². The molecule has 0 rings (SSSR count). The van der Waals surface area contributed by atoms with Crippen molar-refractivity contribution in [3.63, 3.8) is 0 Å². The number of hydrogen-bond acceptors (Lipinski definition) is 2. The molecule has 23 heavy (non-hydrogen) atoms. The summed E-state index contributed by atoms with van der Waals surface area (Å²) < 4.78 is 0.342. The molecule has 0 aromatic carbocycles. The number of aliphatic hydroxyl groups is 1. The molecule has 0 spiro atoms. The summed E-state index contributed by atoms with van der Waals surface area (Å²) >= 11 is 0. The van der Waals surface area contributed by atoms with Crippen LogP contribution in [0.5, 0.6) is 0 Å². The number of aliphatic hydroxyl groups excluding tert-OH is 1. The van der Waals surface area contributed by atoms with Crippen molar-refractivity contribution in [2.24, 2.45) is 0 Å². The minimum atomic E-state index is -0.410. The van der Waals surface area contributed by atoms with Crippen LogP contribution in [0.3, 0.4) is 0 Å². The SMILES string of the molecule is CCCCCCCCCCCCCC(=O)N[N+](C)(C)CC(C)O. The minimum absolute atomic E-state index is 0.0894. The molecule has 1 unspecified atom stereocenters. The van der Waals surface area contributed by atoms with Gasteiger partial charge in [-0.1, -0.05) is 71.1 Å². The summed E-state index contributed by atoms with van der Waals surface area (Å²) in [6, 6.07) is 0. The second-order valence-corrected chi connectivity index (χ2v) is 7.54. The molecule has 1 amide bonds. The average molecular weight is 330 g/mol. The molecule has 0 heterocycles. The van der Waals surface area contributed by atoms with Crippen LogP contribution in [0.25, 0.3) is 0 Å². The van der Waals surface area contributed by atoms with E-state index in [0.717, 1.165) is 12.8 Å². The Hall–Kier alpha value is -0.610. The van der Waals surface area contributed by atoms with Gasteiger partial charge < -0.3 is 5.11 Å². The van der Waals surface area contributed by atoms with E-state index in [0.29, 0.717) is 17.6 Å². The molecule has 138 valence electrons. The Morgan fingerprint density at radius 1 is 0.913 bits per heavy atom. The number of hydrogen-bond donors (Lipinski definition) is 2. The Labute approximate surface area is 144 Å². The highest BCUT2D eigenvalue weighted by atomic mass is 16.3. The number of carbonyl (C=O) groups is 1. The lowest BCUT2D eigenvalue weighted by Gasteiger charge is -2.30. The summed E-state index contributed by atoms with van der Waals surface area (Å²) in [6.07, 6.45) is 14.5. The Bertz CT molecular complexity index is 291. The molecule has 0 aromatic heterocycles. The molecule has 0 aromatic rings. The fourth-order valence-corrected chi connectivity index (χ4v) is 3.05. The topological polar surface area (TPSA) is 49.3 Å². The van der Waals surface area contributed by atoms with E-state index in [1.165, 1.54) is 57.8 Å². The lowest BCUT2D eigenvalue weighted by atomic mass is 10.1. The molecule has 0 fully saturated rings. The van der Waals surface area contributed by atoms with Crippen molar-refractivity contribution in [3.8, 4) is 0 Å². The molecule has 0 saturated heterocycles. The van der Waals surface area contributed by atoms with E-state index < -0.39 is 6.10 Å². The van der Waals surface area contributed by atoms with Crippen molar-refractivity contribution in [3.05, 3.63) is 0 Å². The predicted molar refractivity (Wildman–Crippen MR) is 97.9 cm³/mol. The highest BCUT2D eigenvalue weighted by molar-refractivity contribution is 5.74. The van der Waals surface area contributed by atoms with E-state index in [4.69, 9.17) is 0 Å². The average Bonchev–Trinajstić information content (AvgIpc) is 2.42. The number of quaternary nitrogens is 1. The zero-order chi connectivity index (χ0) is 17.6. The summed E-state index contributed by atoms with van der Waals surface area (Å²) in [5.41, 5.74) is 2.96. The lowest BCUT2D eigenvalue weighted by molar-refractivity contribution is -0.927. The maximum Gasteiger partial charge on any atom is 0.264 e. The molecule has 4 nitrogen and oxygen atoms in total. The van der Waals surface area contributed by atoms with E-state index in [9.17, 15) is 9.90 Å². The van der Waals surface area contributed by atoms with Crippen LogP contribution < -0.4 is 5.43 Å². The van der Waals surface area contributed by atoms with E-state index >= 15 is 0 Å². The van der Waals surface area contributed by atoms with Crippen molar-refractivity contribution in [1.29, 1.82) is 0 Å². The number of nitrogens with one attached hydrogen (secondary N) is 1. The standard InChI is InChI=1S/C19H40N2O2/c1-5-6-7-8-9-10-11-12-13-14-15-16-19(23)20-21(3,4)17-18(2)22/h18,22H,5-17H2,1-4H3/p+1. The van der Waals surface area contributed by atoms with Crippen LogP contribution in [-0.2, 0) is 4.79 Å². The van der Waals surface area contributed by atoms with E-state index in [1.807, 2.05) is 14.1 Å². The van der Waals surface area contributed by atoms with Gasteiger partial charge in [0.15, 0.2) is 0 Å². The Balaban J connectivity index is 3.42. The highest BCUT2D eigenvalue weighted by Gasteiger charge is 2.20. The van der Waals surface area contributed by atoms with Gasteiger partial charge in [0.05, 0.1) is 14.1 Å². The van der Waals surface area contributed by atoms with Crippen LogP contribution in [0.2, 0.25) is 0 Å². The summed E-state index contributed by atoms with van der Waals surface area (Å²) in [4.78, 5) is 11.9. The predicted octanol–water partition coefficient (Wildman–Crippen LogP) is 4.18. The van der Waals surface area contributed by atoms with Gasteiger partial charge in [0, 0.05) is 6.42 Å². The van der Waals surface area contributed by atoms with Crippen molar-refractivity contribution >= 4 is 5.91 Å². The van der Waals surface area contributed by atoms with E-state index in [1.54, 1.807) is 6.92 Å². The first-order chi connectivity index (χ1) is 10.9. The molecular weight excluding hydrogens is 288 g/mol. The fourth-order valence-electron chi connectivity index (χ4n) is 3.05. The lowest BCUT2D eigenvalue weighted by Crippen LogP contribution is -2.57. The largest absolute Gasteiger partial charge is 0.387 e. The molecule has 0 bridgehead atoms. The maximum atomic E-state index is 11.9. The van der Waals surface area contributed by atoms with Gasteiger partial charge in [-0.2, -0.15) is 0 Å². The zero-order valence-electron chi connectivity index (χ0n) is 16.1. The third kappa shape index (κ3) is 16.0. The van der Waals surface area contributed by atoms with Crippen LogP contribution in [0.4, 0.5) is 0 Å². The third-order valence-electron chi connectivity index (χ3n) is 4.16. The van der Waals surface area contributed by atoms with Gasteiger partial charge in [-0.3, -0.25) is 4.79 Å². The number of likely N-dealkylation sites (N-methyl/N-ethyl adjacent to an activating group) is 1. The molecule has 0 saturated carbocycles. The fraction of sp³-hybridized carbons (Fsp3) is 0.947. The number of amides is 1. The third-order valence-corrected chi connectivity index (χ3v) is 4.16. The molecule has 1 atom stereocenters. The van der Waals surface area contributed by atoms with Gasteiger partial charge >= 0.3 is 0 Å². The summed E-state index contributed by atoms with van der Waals surface area (Å²) in [7, 11) is 3.82. The summed E-state index contributed by atoms with van der Waals surface area (Å²) in [6.45, 7) is 4.54. The summed E-state index contributed by atoms with van der Waals surface area (Å²) in [5.74, 6) is 0.0894. The first-order valence-electron chi connectivity index (χ1n) is 9.69. The number of rotatable bonds is 15. The molecule has 0 aliphatic heterocycles.